The lowest BCUT2D eigenvalue weighted by molar-refractivity contribution is 0.0950. The lowest BCUT2D eigenvalue weighted by atomic mass is 9.95. The van der Waals surface area contributed by atoms with Crippen molar-refractivity contribution in [1.29, 1.82) is 0 Å². The van der Waals surface area contributed by atoms with E-state index >= 15 is 0 Å². The third-order valence-corrected chi connectivity index (χ3v) is 5.96. The van der Waals surface area contributed by atoms with E-state index in [0.29, 0.717) is 23.8 Å². The van der Waals surface area contributed by atoms with Gasteiger partial charge in [-0.1, -0.05) is 31.4 Å². The van der Waals surface area contributed by atoms with Gasteiger partial charge in [-0.2, -0.15) is 0 Å². The SMILES string of the molecule is Cc1cc(C(=O)NCc2cccc(NS(C)(=O)=O)c2)c(C)n1C1CCCCC1. The maximum Gasteiger partial charge on any atom is 0.253 e. The van der Waals surface area contributed by atoms with Gasteiger partial charge >= 0.3 is 0 Å². The van der Waals surface area contributed by atoms with Gasteiger partial charge in [0.25, 0.3) is 5.91 Å². The summed E-state index contributed by atoms with van der Waals surface area (Å²) in [5.74, 6) is -0.100. The summed E-state index contributed by atoms with van der Waals surface area (Å²) in [5, 5.41) is 2.96. The maximum atomic E-state index is 12.8. The minimum atomic E-state index is -3.33. The van der Waals surface area contributed by atoms with E-state index in [1.807, 2.05) is 19.1 Å². The van der Waals surface area contributed by atoms with Crippen molar-refractivity contribution in [2.75, 3.05) is 11.0 Å². The number of nitrogens with zero attached hydrogens (tertiary/aromatic N) is 1. The number of benzene rings is 1. The summed E-state index contributed by atoms with van der Waals surface area (Å²) in [6, 6.07) is 9.51. The van der Waals surface area contributed by atoms with Crippen molar-refractivity contribution in [2.45, 2.75) is 58.5 Å². The van der Waals surface area contributed by atoms with Crippen LogP contribution in [0.25, 0.3) is 0 Å². The minimum Gasteiger partial charge on any atom is -0.348 e. The van der Waals surface area contributed by atoms with Crippen LogP contribution < -0.4 is 10.0 Å². The van der Waals surface area contributed by atoms with Gasteiger partial charge in [-0.15, -0.1) is 0 Å². The normalized spacial score (nSPS) is 15.4. The van der Waals surface area contributed by atoms with E-state index in [-0.39, 0.29) is 5.91 Å². The Kier molecular flexibility index (Phi) is 6.13. The topological polar surface area (TPSA) is 80.2 Å². The molecule has 2 N–H and O–H groups in total. The average Bonchev–Trinajstić information content (AvgIpc) is 2.94. The molecule has 0 unspecified atom stereocenters. The standard InChI is InChI=1S/C21H29N3O3S/c1-15-12-20(16(2)24(15)19-10-5-4-6-11-19)21(25)22-14-17-8-7-9-18(13-17)23-28(3,26)27/h7-9,12-13,19,23H,4-6,10-11,14H2,1-3H3,(H,22,25). The van der Waals surface area contributed by atoms with E-state index < -0.39 is 10.0 Å². The predicted octanol–water partition coefficient (Wildman–Crippen LogP) is 3.91. The van der Waals surface area contributed by atoms with Gasteiger partial charge in [0, 0.05) is 29.7 Å². The molecular weight excluding hydrogens is 374 g/mol. The average molecular weight is 404 g/mol. The number of amides is 1. The number of anilines is 1. The second-order valence-electron chi connectivity index (χ2n) is 7.70. The van der Waals surface area contributed by atoms with Crippen LogP contribution in [0.15, 0.2) is 30.3 Å². The first-order chi connectivity index (χ1) is 13.2. The van der Waals surface area contributed by atoms with E-state index in [2.05, 4.69) is 21.5 Å². The fourth-order valence-electron chi connectivity index (χ4n) is 4.14. The number of aromatic nitrogens is 1. The molecule has 3 rings (SSSR count). The Bertz CT molecular complexity index is 957. The van der Waals surface area contributed by atoms with Crippen molar-refractivity contribution in [3.8, 4) is 0 Å². The molecule has 0 bridgehead atoms. The monoisotopic (exact) mass is 403 g/mol. The summed E-state index contributed by atoms with van der Waals surface area (Å²) in [5.41, 5.74) is 4.20. The van der Waals surface area contributed by atoms with Crippen LogP contribution in [0.5, 0.6) is 0 Å². The van der Waals surface area contributed by atoms with Crippen molar-refractivity contribution >= 4 is 21.6 Å². The molecule has 1 amide bonds. The van der Waals surface area contributed by atoms with Crippen LogP contribution in [0.3, 0.4) is 0 Å². The molecule has 0 radical (unpaired) electrons. The van der Waals surface area contributed by atoms with Crippen molar-refractivity contribution in [2.24, 2.45) is 0 Å². The lowest BCUT2D eigenvalue weighted by Crippen LogP contribution is -2.24. The zero-order valence-corrected chi connectivity index (χ0v) is 17.6. The summed E-state index contributed by atoms with van der Waals surface area (Å²) in [6.07, 6.45) is 7.28. The highest BCUT2D eigenvalue weighted by Crippen LogP contribution is 2.32. The number of hydrogen-bond acceptors (Lipinski definition) is 3. The molecule has 1 aliphatic rings. The molecule has 1 aliphatic carbocycles. The molecule has 1 aromatic carbocycles. The van der Waals surface area contributed by atoms with Crippen LogP contribution in [-0.2, 0) is 16.6 Å². The fraction of sp³-hybridized carbons (Fsp3) is 0.476. The van der Waals surface area contributed by atoms with E-state index in [0.717, 1.165) is 23.2 Å². The van der Waals surface area contributed by atoms with Crippen LogP contribution in [0.1, 0.15) is 65.5 Å². The number of nitrogens with one attached hydrogen (secondary N) is 2. The van der Waals surface area contributed by atoms with Crippen molar-refractivity contribution in [1.82, 2.24) is 9.88 Å². The van der Waals surface area contributed by atoms with Gasteiger partial charge in [0.15, 0.2) is 0 Å². The molecule has 0 atom stereocenters. The quantitative estimate of drug-likeness (QED) is 0.767. The highest BCUT2D eigenvalue weighted by molar-refractivity contribution is 7.92. The van der Waals surface area contributed by atoms with Gasteiger partial charge in [0.2, 0.25) is 10.0 Å². The first kappa shape index (κ1) is 20.5. The molecule has 0 saturated heterocycles. The number of aryl methyl sites for hydroxylation is 1. The van der Waals surface area contributed by atoms with Gasteiger partial charge < -0.3 is 9.88 Å². The second kappa shape index (κ2) is 8.39. The van der Waals surface area contributed by atoms with Crippen LogP contribution in [0.2, 0.25) is 0 Å². The van der Waals surface area contributed by atoms with Crippen LogP contribution >= 0.6 is 0 Å². The Morgan fingerprint density at radius 1 is 1.14 bits per heavy atom. The summed E-state index contributed by atoms with van der Waals surface area (Å²) < 4.78 is 27.5. The first-order valence-electron chi connectivity index (χ1n) is 9.78. The molecular formula is C21H29N3O3S. The predicted molar refractivity (Wildman–Crippen MR) is 112 cm³/mol. The number of hydrogen-bond donors (Lipinski definition) is 2. The molecule has 1 heterocycles. The van der Waals surface area contributed by atoms with Crippen molar-refractivity contribution in [3.05, 3.63) is 52.8 Å². The van der Waals surface area contributed by atoms with Crippen molar-refractivity contribution < 1.29 is 13.2 Å². The largest absolute Gasteiger partial charge is 0.348 e. The highest BCUT2D eigenvalue weighted by Gasteiger charge is 2.22. The number of carbonyl (C=O) groups is 1. The number of carbonyl (C=O) groups excluding carboxylic acids is 1. The van der Waals surface area contributed by atoms with Crippen molar-refractivity contribution in [3.63, 3.8) is 0 Å². The third-order valence-electron chi connectivity index (χ3n) is 5.35. The molecule has 7 heteroatoms. The fourth-order valence-corrected chi connectivity index (χ4v) is 4.70. The molecule has 1 aromatic heterocycles. The maximum absolute atomic E-state index is 12.8. The van der Waals surface area contributed by atoms with E-state index in [1.165, 1.54) is 32.1 Å². The van der Waals surface area contributed by atoms with Crippen LogP contribution in [0, 0.1) is 13.8 Å². The third kappa shape index (κ3) is 4.95. The number of sulfonamides is 1. The molecule has 1 saturated carbocycles. The Balaban J connectivity index is 1.69. The summed E-state index contributed by atoms with van der Waals surface area (Å²) >= 11 is 0. The van der Waals surface area contributed by atoms with Gasteiger partial charge in [-0.3, -0.25) is 9.52 Å². The molecule has 28 heavy (non-hydrogen) atoms. The van der Waals surface area contributed by atoms with Gasteiger partial charge in [-0.25, -0.2) is 8.42 Å². The second-order valence-corrected chi connectivity index (χ2v) is 9.45. The Hall–Kier alpha value is -2.28. The number of rotatable bonds is 6. The van der Waals surface area contributed by atoms with Crippen LogP contribution in [0.4, 0.5) is 5.69 Å². The molecule has 6 nitrogen and oxygen atoms in total. The van der Waals surface area contributed by atoms with E-state index in [1.54, 1.807) is 18.2 Å². The lowest BCUT2D eigenvalue weighted by Gasteiger charge is -2.26. The minimum absolute atomic E-state index is 0.100. The molecule has 152 valence electrons. The molecule has 2 aromatic rings. The molecule has 0 aliphatic heterocycles. The molecule has 1 fully saturated rings. The summed E-state index contributed by atoms with van der Waals surface area (Å²) in [4.78, 5) is 12.8. The smallest absolute Gasteiger partial charge is 0.253 e. The van der Waals surface area contributed by atoms with Crippen LogP contribution in [-0.4, -0.2) is 25.1 Å². The Labute approximate surface area is 167 Å². The summed E-state index contributed by atoms with van der Waals surface area (Å²) in [6.45, 7) is 4.43. The van der Waals surface area contributed by atoms with Gasteiger partial charge in [0.1, 0.15) is 0 Å². The first-order valence-corrected chi connectivity index (χ1v) is 11.7. The zero-order chi connectivity index (χ0) is 20.3. The highest BCUT2D eigenvalue weighted by atomic mass is 32.2. The van der Waals surface area contributed by atoms with Gasteiger partial charge in [-0.05, 0) is 50.5 Å². The molecule has 0 spiro atoms. The Morgan fingerprint density at radius 3 is 2.54 bits per heavy atom. The van der Waals surface area contributed by atoms with E-state index in [4.69, 9.17) is 0 Å². The Morgan fingerprint density at radius 2 is 1.86 bits per heavy atom. The zero-order valence-electron chi connectivity index (χ0n) is 16.8. The van der Waals surface area contributed by atoms with Gasteiger partial charge in [0.05, 0.1) is 11.8 Å². The summed E-state index contributed by atoms with van der Waals surface area (Å²) in [7, 11) is -3.33. The van der Waals surface area contributed by atoms with E-state index in [9.17, 15) is 13.2 Å².